The summed E-state index contributed by atoms with van der Waals surface area (Å²) in [5, 5.41) is 0. The van der Waals surface area contributed by atoms with Crippen LogP contribution in [-0.2, 0) is 12.8 Å². The monoisotopic (exact) mass is 230 g/mol. The van der Waals surface area contributed by atoms with E-state index in [1.165, 1.54) is 0 Å². The molecule has 0 atom stereocenters. The Labute approximate surface area is 122 Å². The summed E-state index contributed by atoms with van der Waals surface area (Å²) in [6, 6.07) is 22.4. The molecule has 0 aromatic heterocycles. The van der Waals surface area contributed by atoms with Crippen molar-refractivity contribution in [2.45, 2.75) is 39.5 Å². The molecule has 0 unspecified atom stereocenters. The fraction of sp³-hybridized carbons (Fsp3) is 0.375. The number of aryl methyl sites for hydroxylation is 2. The third-order valence-electron chi connectivity index (χ3n) is 1.98. The summed E-state index contributed by atoms with van der Waals surface area (Å²) < 4.78 is 0. The fourth-order valence-electron chi connectivity index (χ4n) is 1.24. The summed E-state index contributed by atoms with van der Waals surface area (Å²) in [4.78, 5) is 0. The van der Waals surface area contributed by atoms with Crippen molar-refractivity contribution in [1.82, 2.24) is 0 Å². The van der Waals surface area contributed by atoms with E-state index in [2.05, 4.69) is 62.4 Å². The maximum absolute atomic E-state index is 2.90. The van der Waals surface area contributed by atoms with Crippen LogP contribution in [-0.4, -0.2) is 23.1 Å². The second-order valence-corrected chi connectivity index (χ2v) is 3.46. The van der Waals surface area contributed by atoms with Gasteiger partial charge in [-0.05, 0) is 0 Å². The van der Waals surface area contributed by atoms with Crippen LogP contribution < -0.4 is 0 Å². The van der Waals surface area contributed by atoms with Crippen LogP contribution in [0.15, 0.2) is 0 Å². The minimum Gasteiger partial charge on any atom is -0.998 e. The summed E-state index contributed by atoms with van der Waals surface area (Å²) >= 11 is 0. The largest absolute Gasteiger partial charge is 2.00 e. The van der Waals surface area contributed by atoms with Crippen molar-refractivity contribution >= 4 is 23.1 Å². The SMILES string of the molecule is CCC[c-]1[c-][c-][c-][c-]1.CCC[c-]1[c-][c-][c-][c-]1.[Mg+2]. The third-order valence-corrected chi connectivity index (χ3v) is 1.98. The Morgan fingerprint density at radius 2 is 0.941 bits per heavy atom. The van der Waals surface area contributed by atoms with Gasteiger partial charge >= 0.3 is 23.1 Å². The van der Waals surface area contributed by atoms with Gasteiger partial charge in [-0.2, -0.15) is 0 Å². The fourth-order valence-corrected chi connectivity index (χ4v) is 1.24. The molecular formula is C16H14Mg-8. The van der Waals surface area contributed by atoms with E-state index in [-0.39, 0.29) is 23.1 Å². The average Bonchev–Trinajstić information content (AvgIpc) is 2.92. The van der Waals surface area contributed by atoms with E-state index < -0.39 is 0 Å². The van der Waals surface area contributed by atoms with Gasteiger partial charge in [0.25, 0.3) is 0 Å². The van der Waals surface area contributed by atoms with E-state index in [4.69, 9.17) is 0 Å². The van der Waals surface area contributed by atoms with Crippen molar-refractivity contribution in [3.63, 3.8) is 0 Å². The molecule has 0 amide bonds. The van der Waals surface area contributed by atoms with Crippen LogP contribution in [0.1, 0.15) is 37.8 Å². The van der Waals surface area contributed by atoms with Crippen LogP contribution in [0.3, 0.4) is 0 Å². The van der Waals surface area contributed by atoms with Gasteiger partial charge in [0, 0.05) is 0 Å². The van der Waals surface area contributed by atoms with E-state index in [0.29, 0.717) is 0 Å². The third kappa shape index (κ3) is 7.40. The van der Waals surface area contributed by atoms with Crippen LogP contribution in [0.2, 0.25) is 0 Å². The summed E-state index contributed by atoms with van der Waals surface area (Å²) in [5.74, 6) is 0. The molecular weight excluding hydrogens is 216 g/mol. The quantitative estimate of drug-likeness (QED) is 0.560. The Bertz CT molecular complexity index is 293. The molecule has 0 fully saturated rings. The van der Waals surface area contributed by atoms with Gasteiger partial charge in [0.1, 0.15) is 0 Å². The summed E-state index contributed by atoms with van der Waals surface area (Å²) in [7, 11) is 0. The van der Waals surface area contributed by atoms with Gasteiger partial charge in [-0.25, -0.2) is 12.8 Å². The first-order chi connectivity index (χ1) is 7.86. The zero-order valence-electron chi connectivity index (χ0n) is 10.5. The molecule has 0 heterocycles. The van der Waals surface area contributed by atoms with Crippen molar-refractivity contribution in [3.05, 3.63) is 59.7 Å². The van der Waals surface area contributed by atoms with Gasteiger partial charge in [0.2, 0.25) is 0 Å². The van der Waals surface area contributed by atoms with E-state index in [9.17, 15) is 0 Å². The number of rotatable bonds is 4. The minimum absolute atomic E-state index is 0. The molecule has 0 radical (unpaired) electrons. The molecule has 0 aliphatic heterocycles. The molecule has 0 spiro atoms. The van der Waals surface area contributed by atoms with Crippen LogP contribution in [0.5, 0.6) is 0 Å². The molecule has 0 aliphatic rings. The van der Waals surface area contributed by atoms with Gasteiger partial charge in [-0.15, -0.1) is 0 Å². The van der Waals surface area contributed by atoms with Crippen molar-refractivity contribution < 1.29 is 0 Å². The Morgan fingerprint density at radius 3 is 1.18 bits per heavy atom. The van der Waals surface area contributed by atoms with Crippen LogP contribution in [0, 0.1) is 48.5 Å². The molecule has 2 aromatic rings. The predicted octanol–water partition coefficient (Wildman–Crippen LogP) is 2.74. The first-order valence-corrected chi connectivity index (χ1v) is 5.62. The zero-order chi connectivity index (χ0) is 11.6. The molecule has 2 rings (SSSR count). The molecule has 0 bridgehead atoms. The number of hydrogen-bond acceptors (Lipinski definition) is 0. The maximum atomic E-state index is 2.90. The van der Waals surface area contributed by atoms with Crippen molar-refractivity contribution in [1.29, 1.82) is 0 Å². The van der Waals surface area contributed by atoms with Crippen molar-refractivity contribution in [3.8, 4) is 0 Å². The zero-order valence-corrected chi connectivity index (χ0v) is 11.9. The van der Waals surface area contributed by atoms with Crippen molar-refractivity contribution in [2.24, 2.45) is 0 Å². The topological polar surface area (TPSA) is 0 Å². The Morgan fingerprint density at radius 1 is 0.647 bits per heavy atom. The Hall–Kier alpha value is -0.534. The average molecular weight is 231 g/mol. The molecule has 0 nitrogen and oxygen atoms in total. The second kappa shape index (κ2) is 10.6. The molecule has 0 saturated carbocycles. The minimum atomic E-state index is 0. The first-order valence-electron chi connectivity index (χ1n) is 5.62. The Kier molecular flexibility index (Phi) is 10.3. The molecule has 88 valence electrons. The maximum Gasteiger partial charge on any atom is 2.00 e. The van der Waals surface area contributed by atoms with Gasteiger partial charge in [0.05, 0.1) is 0 Å². The van der Waals surface area contributed by atoms with E-state index in [1.807, 2.05) is 0 Å². The number of hydrogen-bond donors (Lipinski definition) is 0. The second-order valence-electron chi connectivity index (χ2n) is 3.46. The smallest absolute Gasteiger partial charge is 0.998 e. The molecule has 17 heavy (non-hydrogen) atoms. The van der Waals surface area contributed by atoms with E-state index >= 15 is 0 Å². The standard InChI is InChI=1S/2C8H7.Mg/c2*1-2-5-8-6-3-4-7-8;/h2*2,5H2,1H3;/q2*-5;+2. The summed E-state index contributed by atoms with van der Waals surface area (Å²) in [6.07, 6.45) is 4.41. The van der Waals surface area contributed by atoms with Crippen molar-refractivity contribution in [2.75, 3.05) is 0 Å². The van der Waals surface area contributed by atoms with Crippen LogP contribution >= 0.6 is 0 Å². The molecule has 0 aliphatic carbocycles. The van der Waals surface area contributed by atoms with Gasteiger partial charge in [-0.3, -0.25) is 0 Å². The molecule has 0 N–H and O–H groups in total. The van der Waals surface area contributed by atoms with Crippen LogP contribution in [0.25, 0.3) is 0 Å². The van der Waals surface area contributed by atoms with E-state index in [1.54, 1.807) is 0 Å². The summed E-state index contributed by atoms with van der Waals surface area (Å²) in [5.41, 5.74) is 2.21. The van der Waals surface area contributed by atoms with Gasteiger partial charge in [0.15, 0.2) is 0 Å². The Balaban J connectivity index is 0.000000284. The molecule has 0 saturated heterocycles. The van der Waals surface area contributed by atoms with Crippen LogP contribution in [0.4, 0.5) is 0 Å². The predicted molar refractivity (Wildman–Crippen MR) is 68.5 cm³/mol. The first kappa shape index (κ1) is 16.5. The molecule has 1 heteroatoms. The normalized spacial score (nSPS) is 9.06. The van der Waals surface area contributed by atoms with Gasteiger partial charge in [-0.1, -0.05) is 26.7 Å². The van der Waals surface area contributed by atoms with Gasteiger partial charge < -0.3 is 59.7 Å². The summed E-state index contributed by atoms with van der Waals surface area (Å²) in [6.45, 7) is 4.27. The van der Waals surface area contributed by atoms with E-state index in [0.717, 1.165) is 36.8 Å². The molecule has 2 aromatic carbocycles.